The highest BCUT2D eigenvalue weighted by molar-refractivity contribution is 5.94. The Morgan fingerprint density at radius 3 is 2.17 bits per heavy atom. The van der Waals surface area contributed by atoms with Gasteiger partial charge in [0, 0.05) is 24.2 Å². The van der Waals surface area contributed by atoms with Gasteiger partial charge in [-0.1, -0.05) is 75.2 Å². The quantitative estimate of drug-likeness (QED) is 0.297. The monoisotopic (exact) mass is 570 g/mol. The van der Waals surface area contributed by atoms with Crippen LogP contribution >= 0.6 is 0 Å². The topological polar surface area (TPSA) is 88.1 Å². The first-order valence-corrected chi connectivity index (χ1v) is 15.2. The number of carboxylic acids is 1. The van der Waals surface area contributed by atoms with Crippen molar-refractivity contribution in [2.75, 3.05) is 31.6 Å². The molecule has 0 aliphatic carbocycles. The summed E-state index contributed by atoms with van der Waals surface area (Å²) >= 11 is 0. The number of carboxylic acid groups (broad SMARTS) is 1. The van der Waals surface area contributed by atoms with Crippen molar-refractivity contribution in [1.29, 1.82) is 0 Å². The first kappa shape index (κ1) is 29.6. The van der Waals surface area contributed by atoms with E-state index in [0.29, 0.717) is 31.3 Å². The molecule has 3 aromatic rings. The van der Waals surface area contributed by atoms with Gasteiger partial charge in [0.25, 0.3) is 0 Å². The molecule has 2 N–H and O–H groups in total. The predicted molar refractivity (Wildman–Crippen MR) is 165 cm³/mol. The summed E-state index contributed by atoms with van der Waals surface area (Å²) in [5, 5.41) is 13.8. The second-order valence-corrected chi connectivity index (χ2v) is 11.5. The maximum Gasteiger partial charge on any atom is 0.309 e. The molecule has 0 aromatic heterocycles. The average Bonchev–Trinajstić information content (AvgIpc) is 3.37. The Hall–Kier alpha value is -3.84. The van der Waals surface area contributed by atoms with Crippen molar-refractivity contribution in [2.24, 2.45) is 5.92 Å². The van der Waals surface area contributed by atoms with Gasteiger partial charge in [0.15, 0.2) is 11.5 Å². The molecule has 1 amide bonds. The highest BCUT2D eigenvalue weighted by Crippen LogP contribution is 2.47. The van der Waals surface area contributed by atoms with Crippen LogP contribution in [0.2, 0.25) is 0 Å². The van der Waals surface area contributed by atoms with Gasteiger partial charge in [0.2, 0.25) is 5.91 Å². The average molecular weight is 571 g/mol. The molecule has 1 unspecified atom stereocenters. The molecule has 42 heavy (non-hydrogen) atoms. The minimum Gasteiger partial charge on any atom is -0.486 e. The van der Waals surface area contributed by atoms with Crippen LogP contribution in [0.15, 0.2) is 54.6 Å². The van der Waals surface area contributed by atoms with E-state index in [4.69, 9.17) is 9.47 Å². The van der Waals surface area contributed by atoms with E-state index >= 15 is 0 Å². The number of nitrogens with zero attached hydrogens (tertiary/aromatic N) is 1. The van der Waals surface area contributed by atoms with Gasteiger partial charge in [-0.3, -0.25) is 14.5 Å². The Labute approximate surface area is 248 Å². The van der Waals surface area contributed by atoms with Crippen molar-refractivity contribution in [3.63, 3.8) is 0 Å². The van der Waals surface area contributed by atoms with Crippen LogP contribution in [0.3, 0.4) is 0 Å². The third-order valence-electron chi connectivity index (χ3n) is 8.56. The number of ether oxygens (including phenoxy) is 2. The van der Waals surface area contributed by atoms with Crippen LogP contribution in [0.1, 0.15) is 72.5 Å². The van der Waals surface area contributed by atoms with Crippen LogP contribution < -0.4 is 14.8 Å². The van der Waals surface area contributed by atoms with E-state index in [1.807, 2.05) is 35.2 Å². The molecule has 1 saturated heterocycles. The molecule has 222 valence electrons. The van der Waals surface area contributed by atoms with Gasteiger partial charge in [0.1, 0.15) is 13.2 Å². The van der Waals surface area contributed by atoms with Crippen molar-refractivity contribution in [3.05, 3.63) is 88.0 Å². The zero-order chi connectivity index (χ0) is 29.8. The molecule has 2 aliphatic rings. The summed E-state index contributed by atoms with van der Waals surface area (Å²) < 4.78 is 11.5. The van der Waals surface area contributed by atoms with E-state index in [-0.39, 0.29) is 18.4 Å². The number of aryl methyl sites for hydroxylation is 4. The Morgan fingerprint density at radius 2 is 1.55 bits per heavy atom. The summed E-state index contributed by atoms with van der Waals surface area (Å²) in [5.74, 6) is -0.774. The van der Waals surface area contributed by atoms with E-state index < -0.39 is 17.9 Å². The van der Waals surface area contributed by atoms with E-state index in [1.165, 1.54) is 11.1 Å². The molecule has 5 rings (SSSR count). The highest BCUT2D eigenvalue weighted by atomic mass is 16.6. The first-order valence-electron chi connectivity index (χ1n) is 15.2. The van der Waals surface area contributed by atoms with Gasteiger partial charge in [-0.05, 0) is 66.1 Å². The number of aliphatic carboxylic acids is 1. The lowest BCUT2D eigenvalue weighted by atomic mass is 9.82. The van der Waals surface area contributed by atoms with Crippen LogP contribution in [-0.2, 0) is 28.9 Å². The van der Waals surface area contributed by atoms with Gasteiger partial charge in [-0.15, -0.1) is 0 Å². The van der Waals surface area contributed by atoms with Crippen LogP contribution in [0.5, 0.6) is 11.5 Å². The molecular weight excluding hydrogens is 528 g/mol. The molecule has 0 radical (unpaired) electrons. The lowest BCUT2D eigenvalue weighted by Crippen LogP contribution is -2.35. The number of anilines is 1. The smallest absolute Gasteiger partial charge is 0.309 e. The Morgan fingerprint density at radius 1 is 0.905 bits per heavy atom. The van der Waals surface area contributed by atoms with Gasteiger partial charge >= 0.3 is 5.97 Å². The standard InChI is InChI=1S/C35H42N2O5/c1-5-8-23-9-11-26(12-10-23)34-32(35(39)40)28(27-13-14-29-30(19-27)42-16-15-41-29)20-37(34)21-31(38)36-33-24(6-2)17-22(4)18-25(33)7-3/h9-14,17-19,28,32,34H,5-8,15-16,20-21H2,1-4H3,(H,36,38)(H,39,40)/t28-,32?,34+/m1/s1. The lowest BCUT2D eigenvalue weighted by molar-refractivity contribution is -0.143. The number of rotatable bonds is 10. The summed E-state index contributed by atoms with van der Waals surface area (Å²) in [4.78, 5) is 28.7. The number of amides is 1. The molecule has 0 spiro atoms. The zero-order valence-electron chi connectivity index (χ0n) is 25.1. The number of hydrogen-bond donors (Lipinski definition) is 2. The summed E-state index contributed by atoms with van der Waals surface area (Å²) in [7, 11) is 0. The molecule has 3 atom stereocenters. The van der Waals surface area contributed by atoms with Crippen LogP contribution in [0.25, 0.3) is 0 Å². The molecule has 7 heteroatoms. The third kappa shape index (κ3) is 6.16. The Balaban J connectivity index is 1.49. The second-order valence-electron chi connectivity index (χ2n) is 11.5. The van der Waals surface area contributed by atoms with Crippen molar-refractivity contribution in [1.82, 2.24) is 4.90 Å². The summed E-state index contributed by atoms with van der Waals surface area (Å²) in [5.41, 5.74) is 7.30. The second kappa shape index (κ2) is 13.0. The maximum atomic E-state index is 13.7. The molecular formula is C35H42N2O5. The SMILES string of the molecule is CCCc1ccc([C@H]2C(C(=O)O)[C@@H](c3ccc4c(c3)OCCO4)CN2CC(=O)Nc2c(CC)cc(C)cc2CC)cc1. The van der Waals surface area contributed by atoms with Gasteiger partial charge in [0.05, 0.1) is 12.5 Å². The number of carbonyl (C=O) groups excluding carboxylic acids is 1. The minimum absolute atomic E-state index is 0.0897. The highest BCUT2D eigenvalue weighted by Gasteiger charge is 2.48. The molecule has 2 heterocycles. The number of nitrogens with one attached hydrogen (secondary N) is 1. The normalized spacial score (nSPS) is 20.0. The summed E-state index contributed by atoms with van der Waals surface area (Å²) in [6, 6.07) is 17.7. The van der Waals surface area contributed by atoms with Crippen LogP contribution in [0, 0.1) is 12.8 Å². The molecule has 2 aliphatic heterocycles. The van der Waals surface area contributed by atoms with Gasteiger partial charge < -0.3 is 19.9 Å². The fourth-order valence-electron chi connectivity index (χ4n) is 6.61. The molecule has 3 aromatic carbocycles. The van der Waals surface area contributed by atoms with Crippen molar-refractivity contribution in [2.45, 2.75) is 65.3 Å². The number of hydrogen-bond acceptors (Lipinski definition) is 5. The zero-order valence-corrected chi connectivity index (χ0v) is 25.1. The van der Waals surface area contributed by atoms with Crippen LogP contribution in [-0.4, -0.2) is 48.2 Å². The van der Waals surface area contributed by atoms with Crippen molar-refractivity contribution < 1.29 is 24.2 Å². The number of carbonyl (C=O) groups is 2. The van der Waals surface area contributed by atoms with E-state index in [0.717, 1.165) is 53.6 Å². The van der Waals surface area contributed by atoms with Crippen LogP contribution in [0.4, 0.5) is 5.69 Å². The molecule has 1 fully saturated rings. The first-order chi connectivity index (χ1) is 20.3. The number of likely N-dealkylation sites (tertiary alicyclic amines) is 1. The van der Waals surface area contributed by atoms with Gasteiger partial charge in [-0.25, -0.2) is 0 Å². The maximum absolute atomic E-state index is 13.7. The summed E-state index contributed by atoms with van der Waals surface area (Å²) in [6.45, 7) is 9.89. The van der Waals surface area contributed by atoms with Crippen molar-refractivity contribution in [3.8, 4) is 11.5 Å². The number of fused-ring (bicyclic) bond motifs is 1. The van der Waals surface area contributed by atoms with E-state index in [9.17, 15) is 14.7 Å². The van der Waals surface area contributed by atoms with Gasteiger partial charge in [-0.2, -0.15) is 0 Å². The largest absolute Gasteiger partial charge is 0.486 e. The molecule has 7 nitrogen and oxygen atoms in total. The molecule has 0 saturated carbocycles. The predicted octanol–water partition coefficient (Wildman–Crippen LogP) is 6.32. The summed E-state index contributed by atoms with van der Waals surface area (Å²) in [6.07, 6.45) is 3.63. The Bertz CT molecular complexity index is 1410. The molecule has 0 bridgehead atoms. The van der Waals surface area contributed by atoms with Crippen molar-refractivity contribution >= 4 is 17.6 Å². The fraction of sp³-hybridized carbons (Fsp3) is 0.429. The minimum atomic E-state index is -0.875. The third-order valence-corrected chi connectivity index (χ3v) is 8.56. The fourth-order valence-corrected chi connectivity index (χ4v) is 6.61. The lowest BCUT2D eigenvalue weighted by Gasteiger charge is -2.27. The number of benzene rings is 3. The van der Waals surface area contributed by atoms with E-state index in [1.54, 1.807) is 0 Å². The Kier molecular flexibility index (Phi) is 9.17. The van der Waals surface area contributed by atoms with E-state index in [2.05, 4.69) is 57.3 Å².